The Morgan fingerprint density at radius 2 is 1.36 bits per heavy atom. The summed E-state index contributed by atoms with van der Waals surface area (Å²) in [6.07, 6.45) is 5.92. The highest BCUT2D eigenvalue weighted by Crippen LogP contribution is 2.40. The van der Waals surface area contributed by atoms with E-state index in [-0.39, 0.29) is 0 Å². The third-order valence-corrected chi connectivity index (χ3v) is 6.34. The quantitative estimate of drug-likeness (QED) is 0.690. The molecule has 2 rings (SSSR count). The largest absolute Gasteiger partial charge is 0.158 e. The molecule has 0 saturated carbocycles. The Kier molecular flexibility index (Phi) is 6.43. The molecule has 0 N–H and O–H groups in total. The lowest BCUT2D eigenvalue weighted by molar-refractivity contribution is 0.503. The van der Waals surface area contributed by atoms with Gasteiger partial charge in [0.05, 0.1) is 0 Å². The molecule has 0 bridgehead atoms. The molecule has 14 heavy (non-hydrogen) atoms. The fraction of sp³-hybridized carbons (Fsp3) is 1.00. The molecule has 2 heteroatoms. The van der Waals surface area contributed by atoms with Gasteiger partial charge in [0.2, 0.25) is 0 Å². The van der Waals surface area contributed by atoms with Gasteiger partial charge in [-0.15, -0.1) is 0 Å². The van der Waals surface area contributed by atoms with E-state index in [9.17, 15) is 0 Å². The van der Waals surface area contributed by atoms with Gasteiger partial charge >= 0.3 is 0 Å². The highest BCUT2D eigenvalue weighted by molar-refractivity contribution is 8.01. The Hall–Kier alpha value is 0.700. The molecule has 2 heterocycles. The number of hydrogen-bond acceptors (Lipinski definition) is 2. The van der Waals surface area contributed by atoms with E-state index in [1.165, 1.54) is 37.2 Å². The molecular formula is C12H24S2. The van der Waals surface area contributed by atoms with Crippen LogP contribution in [-0.4, -0.2) is 22.0 Å². The monoisotopic (exact) mass is 232 g/mol. The van der Waals surface area contributed by atoms with E-state index in [0.29, 0.717) is 0 Å². The predicted octanol–water partition coefficient (Wildman–Crippen LogP) is 4.44. The predicted molar refractivity (Wildman–Crippen MR) is 71.5 cm³/mol. The van der Waals surface area contributed by atoms with Crippen LogP contribution in [0, 0.1) is 5.92 Å². The van der Waals surface area contributed by atoms with Gasteiger partial charge in [-0.3, -0.25) is 0 Å². The molecule has 0 aliphatic carbocycles. The summed E-state index contributed by atoms with van der Waals surface area (Å²) in [5.74, 6) is 3.82. The molecule has 0 aromatic heterocycles. The normalized spacial score (nSPS) is 33.6. The van der Waals surface area contributed by atoms with Crippen LogP contribution in [0.3, 0.4) is 0 Å². The molecule has 2 saturated heterocycles. The highest BCUT2D eigenvalue weighted by Gasteiger charge is 2.30. The van der Waals surface area contributed by atoms with Gasteiger partial charge in [0, 0.05) is 10.5 Å². The SMILES string of the molecule is CC.CC(C1CCCS1)C1CCCS1. The second-order valence-corrected chi connectivity index (χ2v) is 6.66. The number of hydrogen-bond donors (Lipinski definition) is 0. The van der Waals surface area contributed by atoms with Crippen molar-refractivity contribution in [2.24, 2.45) is 5.92 Å². The van der Waals surface area contributed by atoms with Gasteiger partial charge in [0.15, 0.2) is 0 Å². The Labute approximate surface area is 98.0 Å². The van der Waals surface area contributed by atoms with Crippen LogP contribution in [-0.2, 0) is 0 Å². The van der Waals surface area contributed by atoms with Crippen molar-refractivity contribution in [2.45, 2.75) is 57.0 Å². The summed E-state index contributed by atoms with van der Waals surface area (Å²) in [5, 5.41) is 2.00. The summed E-state index contributed by atoms with van der Waals surface area (Å²) in [6, 6.07) is 0. The van der Waals surface area contributed by atoms with Crippen molar-refractivity contribution >= 4 is 23.5 Å². The summed E-state index contributed by atoms with van der Waals surface area (Å²) in [4.78, 5) is 0. The topological polar surface area (TPSA) is 0 Å². The van der Waals surface area contributed by atoms with Crippen molar-refractivity contribution in [3.05, 3.63) is 0 Å². The first-order valence-corrected chi connectivity index (χ1v) is 8.21. The van der Waals surface area contributed by atoms with E-state index in [0.717, 1.165) is 16.4 Å². The summed E-state index contributed by atoms with van der Waals surface area (Å²) in [7, 11) is 0. The average Bonchev–Trinajstić information content (AvgIpc) is 2.93. The third-order valence-electron chi connectivity index (χ3n) is 3.10. The van der Waals surface area contributed by atoms with Gasteiger partial charge < -0.3 is 0 Å². The number of rotatable bonds is 2. The molecule has 2 unspecified atom stereocenters. The molecule has 0 nitrogen and oxygen atoms in total. The van der Waals surface area contributed by atoms with Crippen LogP contribution in [0.4, 0.5) is 0 Å². The van der Waals surface area contributed by atoms with E-state index in [1.54, 1.807) is 0 Å². The standard InChI is InChI=1S/C10H18S2.C2H6/c1-8(9-4-2-6-11-9)10-5-3-7-12-10;1-2/h8-10H,2-7H2,1H3;1-2H3. The van der Waals surface area contributed by atoms with E-state index in [2.05, 4.69) is 30.4 Å². The van der Waals surface area contributed by atoms with Gasteiger partial charge in [-0.2, -0.15) is 23.5 Å². The first-order valence-electron chi connectivity index (χ1n) is 6.11. The van der Waals surface area contributed by atoms with E-state index < -0.39 is 0 Å². The third kappa shape index (κ3) is 3.37. The molecule has 84 valence electrons. The molecule has 2 atom stereocenters. The Morgan fingerprint density at radius 1 is 0.929 bits per heavy atom. The molecule has 2 aliphatic heterocycles. The van der Waals surface area contributed by atoms with Gasteiger partial charge in [-0.25, -0.2) is 0 Å². The summed E-state index contributed by atoms with van der Waals surface area (Å²) in [5.41, 5.74) is 0. The lowest BCUT2D eigenvalue weighted by Gasteiger charge is -2.23. The molecular weight excluding hydrogens is 208 g/mol. The van der Waals surface area contributed by atoms with Crippen molar-refractivity contribution in [3.63, 3.8) is 0 Å². The van der Waals surface area contributed by atoms with Crippen LogP contribution in [0.5, 0.6) is 0 Å². The minimum absolute atomic E-state index is 0.977. The van der Waals surface area contributed by atoms with Crippen molar-refractivity contribution < 1.29 is 0 Å². The maximum absolute atomic E-state index is 2.48. The second-order valence-electron chi connectivity index (χ2n) is 3.96. The minimum Gasteiger partial charge on any atom is -0.158 e. The zero-order valence-corrected chi connectivity index (χ0v) is 11.4. The van der Waals surface area contributed by atoms with Crippen LogP contribution < -0.4 is 0 Å². The molecule has 0 aromatic carbocycles. The molecule has 0 radical (unpaired) electrons. The first-order chi connectivity index (χ1) is 6.88. The van der Waals surface area contributed by atoms with Gasteiger partial charge in [0.1, 0.15) is 0 Å². The zero-order valence-electron chi connectivity index (χ0n) is 9.79. The molecule has 0 aromatic rings. The molecule has 0 amide bonds. The fourth-order valence-electron chi connectivity index (χ4n) is 2.27. The second kappa shape index (κ2) is 7.05. The van der Waals surface area contributed by atoms with Crippen LogP contribution in [0.2, 0.25) is 0 Å². The fourth-order valence-corrected chi connectivity index (χ4v) is 5.30. The van der Waals surface area contributed by atoms with Crippen molar-refractivity contribution in [1.29, 1.82) is 0 Å². The summed E-state index contributed by atoms with van der Waals surface area (Å²) in [6.45, 7) is 6.48. The molecule has 0 spiro atoms. The summed E-state index contributed by atoms with van der Waals surface area (Å²) < 4.78 is 0. The minimum atomic E-state index is 0.977. The zero-order chi connectivity index (χ0) is 10.4. The lowest BCUT2D eigenvalue weighted by atomic mass is 9.97. The van der Waals surface area contributed by atoms with Crippen molar-refractivity contribution in [2.75, 3.05) is 11.5 Å². The maximum Gasteiger partial charge on any atom is 0.00835 e. The van der Waals surface area contributed by atoms with Crippen LogP contribution in [0.15, 0.2) is 0 Å². The smallest absolute Gasteiger partial charge is 0.00835 e. The first kappa shape index (κ1) is 12.8. The molecule has 2 fully saturated rings. The van der Waals surface area contributed by atoms with Crippen LogP contribution in [0.1, 0.15) is 46.5 Å². The van der Waals surface area contributed by atoms with E-state index in [1.807, 2.05) is 13.8 Å². The van der Waals surface area contributed by atoms with Crippen molar-refractivity contribution in [3.8, 4) is 0 Å². The van der Waals surface area contributed by atoms with Gasteiger partial charge in [-0.1, -0.05) is 20.8 Å². The Morgan fingerprint density at radius 3 is 1.64 bits per heavy atom. The van der Waals surface area contributed by atoms with Crippen LogP contribution >= 0.6 is 23.5 Å². The summed E-state index contributed by atoms with van der Waals surface area (Å²) >= 11 is 4.45. The highest BCUT2D eigenvalue weighted by atomic mass is 32.2. The molecule has 2 aliphatic rings. The van der Waals surface area contributed by atoms with Crippen molar-refractivity contribution in [1.82, 2.24) is 0 Å². The average molecular weight is 232 g/mol. The number of thioether (sulfide) groups is 2. The Balaban J connectivity index is 0.000000461. The van der Waals surface area contributed by atoms with Gasteiger partial charge in [-0.05, 0) is 43.1 Å². The van der Waals surface area contributed by atoms with Crippen LogP contribution in [0.25, 0.3) is 0 Å². The maximum atomic E-state index is 2.48. The van der Waals surface area contributed by atoms with Gasteiger partial charge in [0.25, 0.3) is 0 Å². The Bertz CT molecular complexity index is 119. The van der Waals surface area contributed by atoms with E-state index >= 15 is 0 Å². The van der Waals surface area contributed by atoms with E-state index in [4.69, 9.17) is 0 Å². The lowest BCUT2D eigenvalue weighted by Crippen LogP contribution is -2.21.